The summed E-state index contributed by atoms with van der Waals surface area (Å²) in [5.41, 5.74) is 0.268. The van der Waals surface area contributed by atoms with Crippen molar-refractivity contribution in [3.8, 4) is 0 Å². The Bertz CT molecular complexity index is 523. The lowest BCUT2D eigenvalue weighted by atomic mass is 9.84. The molecule has 4 rings (SSSR count). The molecule has 0 unspecified atom stereocenters. The lowest BCUT2D eigenvalue weighted by Crippen LogP contribution is -2.58. The highest BCUT2D eigenvalue weighted by atomic mass is 15.3. The zero-order valence-electron chi connectivity index (χ0n) is 19.0. The third kappa shape index (κ3) is 5.65. The van der Waals surface area contributed by atoms with Crippen LogP contribution in [-0.4, -0.2) is 97.7 Å². The molecule has 166 valence electrons. The van der Waals surface area contributed by atoms with E-state index in [1.165, 1.54) is 97.1 Å². The highest BCUT2D eigenvalue weighted by Crippen LogP contribution is 2.32. The third-order valence-electron chi connectivity index (χ3n) is 7.75. The Morgan fingerprint density at radius 3 is 2.24 bits per heavy atom. The minimum atomic E-state index is 0.268. The highest BCUT2D eigenvalue weighted by Gasteiger charge is 2.39. The molecule has 0 aromatic rings. The van der Waals surface area contributed by atoms with E-state index in [9.17, 15) is 0 Å². The van der Waals surface area contributed by atoms with Gasteiger partial charge in [0, 0.05) is 37.3 Å². The fourth-order valence-electron chi connectivity index (χ4n) is 5.57. The Balaban J connectivity index is 1.37. The van der Waals surface area contributed by atoms with Crippen molar-refractivity contribution in [1.29, 1.82) is 0 Å². The van der Waals surface area contributed by atoms with Gasteiger partial charge in [-0.3, -0.25) is 9.89 Å². The summed E-state index contributed by atoms with van der Waals surface area (Å²) in [4.78, 5) is 13.2. The molecular weight excluding hydrogens is 360 g/mol. The molecule has 1 saturated carbocycles. The first-order chi connectivity index (χ1) is 14.2. The second kappa shape index (κ2) is 9.97. The van der Waals surface area contributed by atoms with Crippen molar-refractivity contribution in [1.82, 2.24) is 25.3 Å². The van der Waals surface area contributed by atoms with Crippen molar-refractivity contribution in [2.75, 3.05) is 59.4 Å². The zero-order valence-corrected chi connectivity index (χ0v) is 19.0. The van der Waals surface area contributed by atoms with E-state index in [0.717, 1.165) is 25.1 Å². The molecule has 3 saturated heterocycles. The maximum atomic E-state index is 5.19. The van der Waals surface area contributed by atoms with Gasteiger partial charge in [-0.15, -0.1) is 0 Å². The highest BCUT2D eigenvalue weighted by molar-refractivity contribution is 5.80. The molecule has 0 radical (unpaired) electrons. The Morgan fingerprint density at radius 1 is 0.931 bits per heavy atom. The fraction of sp³-hybridized carbons (Fsp3) is 0.957. The Labute approximate surface area is 178 Å². The van der Waals surface area contributed by atoms with Crippen LogP contribution in [0.25, 0.3) is 0 Å². The Kier molecular flexibility index (Phi) is 7.35. The summed E-state index contributed by atoms with van der Waals surface area (Å²) in [6, 6.07) is 1.48. The molecule has 0 amide bonds. The smallest absolute Gasteiger partial charge is 0.191 e. The van der Waals surface area contributed by atoms with Crippen molar-refractivity contribution < 1.29 is 0 Å². The SMILES string of the molecule is CCNC(=NCC1(N2CCCCC2)CCN(C)CC1)NC1CCN(C2CC2)CC1. The standard InChI is InChI=1S/C23H44N6/c1-3-24-22(26-20-9-15-28(16-10-20)21-7-8-21)25-19-23(11-17-27(2)18-12-23)29-13-5-4-6-14-29/h20-21H,3-19H2,1-2H3,(H2,24,25,26). The van der Waals surface area contributed by atoms with E-state index in [1.807, 2.05) is 0 Å². The van der Waals surface area contributed by atoms with Crippen molar-refractivity contribution in [2.24, 2.45) is 4.99 Å². The number of guanidine groups is 1. The van der Waals surface area contributed by atoms with Gasteiger partial charge < -0.3 is 20.4 Å². The molecule has 29 heavy (non-hydrogen) atoms. The molecular formula is C23H44N6. The van der Waals surface area contributed by atoms with Gasteiger partial charge in [0.2, 0.25) is 0 Å². The number of hydrogen-bond donors (Lipinski definition) is 2. The van der Waals surface area contributed by atoms with Crippen LogP contribution < -0.4 is 10.6 Å². The molecule has 6 heteroatoms. The first kappa shape index (κ1) is 21.4. The summed E-state index contributed by atoms with van der Waals surface area (Å²) in [7, 11) is 2.27. The summed E-state index contributed by atoms with van der Waals surface area (Å²) < 4.78 is 0. The quantitative estimate of drug-likeness (QED) is 0.525. The predicted octanol–water partition coefficient (Wildman–Crippen LogP) is 2.12. The molecule has 4 aliphatic rings. The van der Waals surface area contributed by atoms with Gasteiger partial charge in [-0.2, -0.15) is 0 Å². The van der Waals surface area contributed by atoms with Crippen LogP contribution in [0.15, 0.2) is 4.99 Å². The van der Waals surface area contributed by atoms with Gasteiger partial charge in [0.05, 0.1) is 6.54 Å². The number of rotatable bonds is 6. The number of aliphatic imine (C=N–C) groups is 1. The molecule has 0 aromatic carbocycles. The molecule has 3 aliphatic heterocycles. The fourth-order valence-corrected chi connectivity index (χ4v) is 5.57. The minimum absolute atomic E-state index is 0.268. The van der Waals surface area contributed by atoms with Gasteiger partial charge in [-0.05, 0) is 91.5 Å². The monoisotopic (exact) mass is 404 g/mol. The number of hydrogen-bond acceptors (Lipinski definition) is 4. The van der Waals surface area contributed by atoms with Gasteiger partial charge in [0.25, 0.3) is 0 Å². The van der Waals surface area contributed by atoms with Gasteiger partial charge in [0.1, 0.15) is 0 Å². The largest absolute Gasteiger partial charge is 0.357 e. The van der Waals surface area contributed by atoms with Crippen LogP contribution in [0.5, 0.6) is 0 Å². The molecule has 0 bridgehead atoms. The summed E-state index contributed by atoms with van der Waals surface area (Å²) in [6.07, 6.45) is 12.0. The van der Waals surface area contributed by atoms with Crippen LogP contribution in [0.2, 0.25) is 0 Å². The lowest BCUT2D eigenvalue weighted by Gasteiger charge is -2.49. The van der Waals surface area contributed by atoms with E-state index >= 15 is 0 Å². The summed E-state index contributed by atoms with van der Waals surface area (Å²) >= 11 is 0. The second-order valence-corrected chi connectivity index (χ2v) is 9.96. The van der Waals surface area contributed by atoms with Crippen LogP contribution in [-0.2, 0) is 0 Å². The van der Waals surface area contributed by atoms with Gasteiger partial charge in [0.15, 0.2) is 5.96 Å². The third-order valence-corrected chi connectivity index (χ3v) is 7.75. The van der Waals surface area contributed by atoms with E-state index < -0.39 is 0 Å². The maximum Gasteiger partial charge on any atom is 0.191 e. The van der Waals surface area contributed by atoms with E-state index in [-0.39, 0.29) is 5.54 Å². The van der Waals surface area contributed by atoms with Crippen molar-refractivity contribution >= 4 is 5.96 Å². The van der Waals surface area contributed by atoms with Gasteiger partial charge in [-0.25, -0.2) is 0 Å². The molecule has 4 fully saturated rings. The van der Waals surface area contributed by atoms with Crippen LogP contribution in [0.1, 0.15) is 64.7 Å². The second-order valence-electron chi connectivity index (χ2n) is 9.96. The lowest BCUT2D eigenvalue weighted by molar-refractivity contribution is 0.0208. The van der Waals surface area contributed by atoms with E-state index in [1.54, 1.807) is 0 Å². The Hall–Kier alpha value is -0.850. The number of likely N-dealkylation sites (tertiary alicyclic amines) is 3. The maximum absolute atomic E-state index is 5.19. The summed E-state index contributed by atoms with van der Waals surface area (Å²) in [5.74, 6) is 1.05. The molecule has 3 heterocycles. The van der Waals surface area contributed by atoms with E-state index in [0.29, 0.717) is 6.04 Å². The van der Waals surface area contributed by atoms with Gasteiger partial charge in [-0.1, -0.05) is 6.42 Å². The first-order valence-electron chi connectivity index (χ1n) is 12.4. The number of nitrogens with zero attached hydrogens (tertiary/aromatic N) is 4. The first-order valence-corrected chi connectivity index (χ1v) is 12.4. The topological polar surface area (TPSA) is 46.1 Å². The van der Waals surface area contributed by atoms with Crippen LogP contribution in [0.4, 0.5) is 0 Å². The normalized spacial score (nSPS) is 28.4. The summed E-state index contributed by atoms with van der Waals surface area (Å²) in [6.45, 7) is 11.5. The zero-order chi connectivity index (χ0) is 20.1. The molecule has 1 aliphatic carbocycles. The Morgan fingerprint density at radius 2 is 1.62 bits per heavy atom. The van der Waals surface area contributed by atoms with E-state index in [4.69, 9.17) is 4.99 Å². The average Bonchev–Trinajstić information content (AvgIpc) is 3.60. The van der Waals surface area contributed by atoms with Crippen LogP contribution >= 0.6 is 0 Å². The number of nitrogens with one attached hydrogen (secondary N) is 2. The molecule has 2 N–H and O–H groups in total. The molecule has 0 atom stereocenters. The summed E-state index contributed by atoms with van der Waals surface area (Å²) in [5, 5.41) is 7.33. The average molecular weight is 405 g/mol. The van der Waals surface area contributed by atoms with Crippen molar-refractivity contribution in [3.05, 3.63) is 0 Å². The minimum Gasteiger partial charge on any atom is -0.357 e. The van der Waals surface area contributed by atoms with Crippen molar-refractivity contribution in [2.45, 2.75) is 82.3 Å². The van der Waals surface area contributed by atoms with Crippen molar-refractivity contribution in [3.63, 3.8) is 0 Å². The van der Waals surface area contributed by atoms with Gasteiger partial charge >= 0.3 is 0 Å². The van der Waals surface area contributed by atoms with E-state index in [2.05, 4.69) is 39.3 Å². The van der Waals surface area contributed by atoms with Crippen LogP contribution in [0, 0.1) is 0 Å². The molecule has 0 spiro atoms. The predicted molar refractivity (Wildman–Crippen MR) is 122 cm³/mol. The molecule has 6 nitrogen and oxygen atoms in total. The number of piperidine rings is 3. The van der Waals surface area contributed by atoms with Crippen LogP contribution in [0.3, 0.4) is 0 Å². The molecule has 0 aromatic heterocycles.